The number of hydrogen-bond acceptors (Lipinski definition) is 2. The van der Waals surface area contributed by atoms with E-state index in [2.05, 4.69) is 65.3 Å². The maximum Gasteiger partial charge on any atom is 0.191 e. The number of para-hydroxylation sites is 1. The standard InChI is InChI=1S/C16H26N4/c1-4-12-18-16(17-5-2)19-13-9-14-20(3)15-10-7-6-8-11-15/h4,6-8,10-11H,1,5,9,12-14H2,2-3H3,(H2,17,18,19). The Morgan fingerprint density at radius 3 is 2.70 bits per heavy atom. The fourth-order valence-corrected chi connectivity index (χ4v) is 1.82. The molecule has 110 valence electrons. The van der Waals surface area contributed by atoms with Gasteiger partial charge < -0.3 is 15.5 Å². The molecule has 1 aromatic carbocycles. The third kappa shape index (κ3) is 6.27. The van der Waals surface area contributed by atoms with E-state index in [1.807, 2.05) is 12.1 Å². The van der Waals surface area contributed by atoms with Gasteiger partial charge in [0.15, 0.2) is 5.96 Å². The summed E-state index contributed by atoms with van der Waals surface area (Å²) in [7, 11) is 2.11. The summed E-state index contributed by atoms with van der Waals surface area (Å²) >= 11 is 0. The molecule has 0 unspecified atom stereocenters. The van der Waals surface area contributed by atoms with E-state index in [1.165, 1.54) is 5.69 Å². The fraction of sp³-hybridized carbons (Fsp3) is 0.438. The lowest BCUT2D eigenvalue weighted by Crippen LogP contribution is -2.37. The SMILES string of the molecule is C=CCNC(=NCCCN(C)c1ccccc1)NCC. The molecule has 0 aliphatic heterocycles. The molecule has 20 heavy (non-hydrogen) atoms. The average Bonchev–Trinajstić information content (AvgIpc) is 2.49. The number of guanidine groups is 1. The van der Waals surface area contributed by atoms with Crippen LogP contribution >= 0.6 is 0 Å². The highest BCUT2D eigenvalue weighted by Gasteiger charge is 1.99. The smallest absolute Gasteiger partial charge is 0.191 e. The van der Waals surface area contributed by atoms with Gasteiger partial charge in [-0.2, -0.15) is 0 Å². The van der Waals surface area contributed by atoms with E-state index in [-0.39, 0.29) is 0 Å². The van der Waals surface area contributed by atoms with Gasteiger partial charge in [0.2, 0.25) is 0 Å². The monoisotopic (exact) mass is 274 g/mol. The Labute approximate surface area is 122 Å². The first-order valence-corrected chi connectivity index (χ1v) is 7.17. The molecule has 4 heteroatoms. The van der Waals surface area contributed by atoms with Crippen molar-refractivity contribution in [1.82, 2.24) is 10.6 Å². The molecular weight excluding hydrogens is 248 g/mol. The van der Waals surface area contributed by atoms with Crippen molar-refractivity contribution in [2.75, 3.05) is 38.1 Å². The molecule has 0 amide bonds. The van der Waals surface area contributed by atoms with Crippen molar-refractivity contribution in [3.8, 4) is 0 Å². The van der Waals surface area contributed by atoms with Crippen molar-refractivity contribution < 1.29 is 0 Å². The van der Waals surface area contributed by atoms with Crippen LogP contribution in [-0.2, 0) is 0 Å². The zero-order valence-electron chi connectivity index (χ0n) is 12.6. The minimum Gasteiger partial charge on any atom is -0.375 e. The van der Waals surface area contributed by atoms with Gasteiger partial charge in [0.05, 0.1) is 0 Å². The molecule has 0 fully saturated rings. The Morgan fingerprint density at radius 2 is 2.05 bits per heavy atom. The molecule has 0 atom stereocenters. The van der Waals surface area contributed by atoms with E-state index in [4.69, 9.17) is 0 Å². The largest absolute Gasteiger partial charge is 0.375 e. The van der Waals surface area contributed by atoms with Gasteiger partial charge in [-0.1, -0.05) is 24.3 Å². The second-order valence-electron chi connectivity index (χ2n) is 4.54. The molecule has 1 rings (SSSR count). The van der Waals surface area contributed by atoms with Crippen molar-refractivity contribution >= 4 is 11.6 Å². The highest BCUT2D eigenvalue weighted by Crippen LogP contribution is 2.10. The number of nitrogens with zero attached hydrogens (tertiary/aromatic N) is 2. The summed E-state index contributed by atoms with van der Waals surface area (Å²) in [4.78, 5) is 6.79. The van der Waals surface area contributed by atoms with E-state index in [9.17, 15) is 0 Å². The molecule has 2 N–H and O–H groups in total. The molecule has 0 spiro atoms. The van der Waals surface area contributed by atoms with Gasteiger partial charge in [0.25, 0.3) is 0 Å². The molecule has 1 aromatic rings. The Balaban J connectivity index is 2.32. The Morgan fingerprint density at radius 1 is 1.30 bits per heavy atom. The van der Waals surface area contributed by atoms with Crippen molar-refractivity contribution in [3.63, 3.8) is 0 Å². The summed E-state index contributed by atoms with van der Waals surface area (Å²) in [6.45, 7) is 9.16. The van der Waals surface area contributed by atoms with Gasteiger partial charge in [0, 0.05) is 38.9 Å². The van der Waals surface area contributed by atoms with Crippen molar-refractivity contribution in [1.29, 1.82) is 0 Å². The molecule has 4 nitrogen and oxygen atoms in total. The number of nitrogens with one attached hydrogen (secondary N) is 2. The van der Waals surface area contributed by atoms with E-state index in [0.29, 0.717) is 0 Å². The zero-order valence-corrected chi connectivity index (χ0v) is 12.6. The first-order valence-electron chi connectivity index (χ1n) is 7.17. The number of anilines is 1. The summed E-state index contributed by atoms with van der Waals surface area (Å²) < 4.78 is 0. The van der Waals surface area contributed by atoms with Crippen LogP contribution in [0.4, 0.5) is 5.69 Å². The maximum atomic E-state index is 4.54. The van der Waals surface area contributed by atoms with Crippen LogP contribution in [0.15, 0.2) is 48.0 Å². The molecule has 0 saturated heterocycles. The van der Waals surface area contributed by atoms with Gasteiger partial charge in [0.1, 0.15) is 0 Å². The normalized spacial score (nSPS) is 11.0. The van der Waals surface area contributed by atoms with Crippen LogP contribution in [-0.4, -0.2) is 39.2 Å². The van der Waals surface area contributed by atoms with Crippen LogP contribution in [0.3, 0.4) is 0 Å². The predicted molar refractivity (Wildman–Crippen MR) is 88.5 cm³/mol. The molecule has 0 aliphatic carbocycles. The average molecular weight is 274 g/mol. The van der Waals surface area contributed by atoms with Crippen molar-refractivity contribution in [2.45, 2.75) is 13.3 Å². The van der Waals surface area contributed by atoms with Crippen LogP contribution in [0.1, 0.15) is 13.3 Å². The molecule has 0 bridgehead atoms. The first kappa shape index (κ1) is 16.1. The Kier molecular flexibility index (Phi) is 7.96. The molecular formula is C16H26N4. The lowest BCUT2D eigenvalue weighted by Gasteiger charge is -2.18. The summed E-state index contributed by atoms with van der Waals surface area (Å²) in [5.41, 5.74) is 1.24. The predicted octanol–water partition coefficient (Wildman–Crippen LogP) is 2.25. The summed E-state index contributed by atoms with van der Waals surface area (Å²) in [6.07, 6.45) is 2.85. The van der Waals surface area contributed by atoms with Crippen LogP contribution in [0.25, 0.3) is 0 Å². The first-order chi connectivity index (χ1) is 9.77. The van der Waals surface area contributed by atoms with E-state index >= 15 is 0 Å². The lowest BCUT2D eigenvalue weighted by atomic mass is 10.3. The second kappa shape index (κ2) is 9.89. The third-order valence-electron chi connectivity index (χ3n) is 2.88. The van der Waals surface area contributed by atoms with Crippen LogP contribution in [0.5, 0.6) is 0 Å². The van der Waals surface area contributed by atoms with Gasteiger partial charge in [-0.3, -0.25) is 4.99 Å². The van der Waals surface area contributed by atoms with E-state index < -0.39 is 0 Å². The van der Waals surface area contributed by atoms with Gasteiger partial charge in [-0.05, 0) is 25.5 Å². The fourth-order valence-electron chi connectivity index (χ4n) is 1.82. The minimum atomic E-state index is 0.732. The van der Waals surface area contributed by atoms with E-state index in [1.54, 1.807) is 0 Å². The Bertz CT molecular complexity index is 400. The van der Waals surface area contributed by atoms with Crippen LogP contribution in [0.2, 0.25) is 0 Å². The Hall–Kier alpha value is -1.97. The second-order valence-corrected chi connectivity index (χ2v) is 4.54. The number of benzene rings is 1. The third-order valence-corrected chi connectivity index (χ3v) is 2.88. The van der Waals surface area contributed by atoms with Crippen molar-refractivity contribution in [2.24, 2.45) is 4.99 Å². The van der Waals surface area contributed by atoms with Crippen molar-refractivity contribution in [3.05, 3.63) is 43.0 Å². The topological polar surface area (TPSA) is 39.7 Å². The summed E-state index contributed by atoms with van der Waals surface area (Å²) in [5, 5.41) is 6.41. The quantitative estimate of drug-likeness (QED) is 0.330. The highest BCUT2D eigenvalue weighted by atomic mass is 15.2. The summed E-state index contributed by atoms with van der Waals surface area (Å²) in [6, 6.07) is 10.4. The van der Waals surface area contributed by atoms with Crippen LogP contribution in [0, 0.1) is 0 Å². The summed E-state index contributed by atoms with van der Waals surface area (Å²) in [5.74, 6) is 0.856. The van der Waals surface area contributed by atoms with Gasteiger partial charge >= 0.3 is 0 Å². The zero-order chi connectivity index (χ0) is 14.6. The molecule has 0 heterocycles. The van der Waals surface area contributed by atoms with Crippen LogP contribution < -0.4 is 15.5 Å². The molecule has 0 saturated carbocycles. The number of hydrogen-bond donors (Lipinski definition) is 2. The number of rotatable bonds is 8. The number of aliphatic imine (C=N–C) groups is 1. The van der Waals surface area contributed by atoms with Gasteiger partial charge in [-0.25, -0.2) is 0 Å². The molecule has 0 aliphatic rings. The highest BCUT2D eigenvalue weighted by molar-refractivity contribution is 5.79. The molecule has 0 aromatic heterocycles. The molecule has 0 radical (unpaired) electrons. The maximum absolute atomic E-state index is 4.54. The minimum absolute atomic E-state index is 0.732. The van der Waals surface area contributed by atoms with E-state index in [0.717, 1.165) is 38.6 Å². The van der Waals surface area contributed by atoms with Gasteiger partial charge in [-0.15, -0.1) is 6.58 Å². The lowest BCUT2D eigenvalue weighted by molar-refractivity contribution is 0.779.